The Bertz CT molecular complexity index is 498. The summed E-state index contributed by atoms with van der Waals surface area (Å²) < 4.78 is 5.36. The van der Waals surface area contributed by atoms with Crippen molar-refractivity contribution in [1.82, 2.24) is 4.90 Å². The van der Waals surface area contributed by atoms with Crippen LogP contribution >= 0.6 is 0 Å². The second-order valence-corrected chi connectivity index (χ2v) is 5.27. The number of hydrogen-bond donors (Lipinski definition) is 1. The van der Waals surface area contributed by atoms with E-state index in [4.69, 9.17) is 9.84 Å². The molecule has 5 heteroatoms. The second kappa shape index (κ2) is 7.11. The molecule has 1 unspecified atom stereocenters. The minimum absolute atomic E-state index is 0.00916. The minimum atomic E-state index is -0.812. The first-order valence-electron chi connectivity index (χ1n) is 7.32. The maximum Gasteiger partial charge on any atom is 0.308 e. The zero-order valence-corrected chi connectivity index (χ0v) is 12.2. The number of piperidine rings is 1. The van der Waals surface area contributed by atoms with Crippen molar-refractivity contribution in [2.45, 2.75) is 26.2 Å². The summed E-state index contributed by atoms with van der Waals surface area (Å²) in [6, 6.07) is 7.45. The van der Waals surface area contributed by atoms with E-state index in [9.17, 15) is 9.59 Å². The van der Waals surface area contributed by atoms with Crippen molar-refractivity contribution in [3.8, 4) is 5.75 Å². The molecule has 1 amide bonds. The van der Waals surface area contributed by atoms with E-state index in [0.29, 0.717) is 32.5 Å². The van der Waals surface area contributed by atoms with Crippen LogP contribution in [0.1, 0.15) is 25.3 Å². The van der Waals surface area contributed by atoms with Gasteiger partial charge in [0.25, 0.3) is 0 Å². The molecule has 21 heavy (non-hydrogen) atoms. The smallest absolute Gasteiger partial charge is 0.308 e. The lowest BCUT2D eigenvalue weighted by Crippen LogP contribution is -2.42. The number of carbonyl (C=O) groups excluding carboxylic acids is 1. The average molecular weight is 291 g/mol. The van der Waals surface area contributed by atoms with Crippen LogP contribution in [0.2, 0.25) is 0 Å². The summed E-state index contributed by atoms with van der Waals surface area (Å²) in [4.78, 5) is 24.9. The number of rotatable bonds is 5. The van der Waals surface area contributed by atoms with E-state index in [0.717, 1.165) is 17.7 Å². The van der Waals surface area contributed by atoms with Crippen LogP contribution in [0.5, 0.6) is 5.75 Å². The van der Waals surface area contributed by atoms with Crippen molar-refractivity contribution < 1.29 is 19.4 Å². The van der Waals surface area contributed by atoms with Crippen molar-refractivity contribution >= 4 is 11.9 Å². The first kappa shape index (κ1) is 15.4. The molecule has 0 spiro atoms. The Kier molecular flexibility index (Phi) is 5.20. The van der Waals surface area contributed by atoms with Crippen LogP contribution in [0, 0.1) is 5.92 Å². The molecule has 1 N–H and O–H groups in total. The molecule has 1 heterocycles. The molecule has 5 nitrogen and oxygen atoms in total. The molecule has 0 radical (unpaired) electrons. The zero-order valence-electron chi connectivity index (χ0n) is 12.2. The number of amides is 1. The first-order valence-corrected chi connectivity index (χ1v) is 7.32. The molecule has 0 aliphatic carbocycles. The van der Waals surface area contributed by atoms with Gasteiger partial charge in [-0.3, -0.25) is 9.59 Å². The molecule has 1 aliphatic rings. The SMILES string of the molecule is CCOc1ccc(CC(=O)N2CCCC(C(=O)O)C2)cc1. The van der Waals surface area contributed by atoms with Crippen molar-refractivity contribution in [3.05, 3.63) is 29.8 Å². The van der Waals surface area contributed by atoms with Gasteiger partial charge in [0.2, 0.25) is 5.91 Å². The maximum absolute atomic E-state index is 12.2. The van der Waals surface area contributed by atoms with Gasteiger partial charge in [0.05, 0.1) is 18.9 Å². The van der Waals surface area contributed by atoms with Crippen LogP contribution in [0.4, 0.5) is 0 Å². The fourth-order valence-electron chi connectivity index (χ4n) is 2.56. The fraction of sp³-hybridized carbons (Fsp3) is 0.500. The molecule has 0 saturated carbocycles. The number of hydrogen-bond acceptors (Lipinski definition) is 3. The van der Waals surface area contributed by atoms with Crippen LogP contribution in [0.3, 0.4) is 0 Å². The highest BCUT2D eigenvalue weighted by atomic mass is 16.5. The van der Waals surface area contributed by atoms with Gasteiger partial charge in [0.15, 0.2) is 0 Å². The van der Waals surface area contributed by atoms with Crippen molar-refractivity contribution in [2.24, 2.45) is 5.92 Å². The number of carboxylic acid groups (broad SMARTS) is 1. The van der Waals surface area contributed by atoms with Gasteiger partial charge in [0, 0.05) is 13.1 Å². The van der Waals surface area contributed by atoms with Gasteiger partial charge in [-0.05, 0) is 37.5 Å². The van der Waals surface area contributed by atoms with E-state index in [1.165, 1.54) is 0 Å². The topological polar surface area (TPSA) is 66.8 Å². The molecule has 1 aliphatic heterocycles. The number of nitrogens with zero attached hydrogens (tertiary/aromatic N) is 1. The van der Waals surface area contributed by atoms with Crippen LogP contribution < -0.4 is 4.74 Å². The Morgan fingerprint density at radius 1 is 1.33 bits per heavy atom. The lowest BCUT2D eigenvalue weighted by Gasteiger charge is -2.30. The number of carbonyl (C=O) groups is 2. The third-order valence-corrected chi connectivity index (χ3v) is 3.71. The molecule has 1 fully saturated rings. The summed E-state index contributed by atoms with van der Waals surface area (Å²) in [5.41, 5.74) is 0.918. The van der Waals surface area contributed by atoms with Crippen molar-refractivity contribution in [1.29, 1.82) is 0 Å². The highest BCUT2D eigenvalue weighted by molar-refractivity contribution is 5.80. The summed E-state index contributed by atoms with van der Waals surface area (Å²) in [5.74, 6) is -0.459. The third kappa shape index (κ3) is 4.21. The Hall–Kier alpha value is -2.04. The number of aliphatic carboxylic acids is 1. The molecule has 1 saturated heterocycles. The molecule has 0 bridgehead atoms. The Morgan fingerprint density at radius 2 is 2.05 bits per heavy atom. The van der Waals surface area contributed by atoms with Gasteiger partial charge < -0.3 is 14.7 Å². The molecular weight excluding hydrogens is 270 g/mol. The highest BCUT2D eigenvalue weighted by Crippen LogP contribution is 2.18. The van der Waals surface area contributed by atoms with Gasteiger partial charge in [-0.15, -0.1) is 0 Å². The lowest BCUT2D eigenvalue weighted by atomic mass is 9.97. The maximum atomic E-state index is 12.2. The monoisotopic (exact) mass is 291 g/mol. The second-order valence-electron chi connectivity index (χ2n) is 5.27. The van der Waals surface area contributed by atoms with Crippen LogP contribution in [0.15, 0.2) is 24.3 Å². The normalized spacial score (nSPS) is 18.3. The van der Waals surface area contributed by atoms with Crippen LogP contribution in [0.25, 0.3) is 0 Å². The summed E-state index contributed by atoms with van der Waals surface area (Å²) in [6.45, 7) is 3.51. The summed E-state index contributed by atoms with van der Waals surface area (Å²) in [7, 11) is 0. The van der Waals surface area contributed by atoms with E-state index in [-0.39, 0.29) is 5.91 Å². The Morgan fingerprint density at radius 3 is 2.67 bits per heavy atom. The molecular formula is C16H21NO4. The number of carboxylic acids is 1. The van der Waals surface area contributed by atoms with Gasteiger partial charge >= 0.3 is 5.97 Å². The predicted molar refractivity (Wildman–Crippen MR) is 78.3 cm³/mol. The largest absolute Gasteiger partial charge is 0.494 e. The Labute approximate surface area is 124 Å². The quantitative estimate of drug-likeness (QED) is 0.900. The average Bonchev–Trinajstić information content (AvgIpc) is 2.49. The van der Waals surface area contributed by atoms with Gasteiger partial charge in [0.1, 0.15) is 5.75 Å². The Balaban J connectivity index is 1.92. The minimum Gasteiger partial charge on any atom is -0.494 e. The number of benzene rings is 1. The van der Waals surface area contributed by atoms with Gasteiger partial charge in [-0.25, -0.2) is 0 Å². The molecule has 1 aromatic rings. The molecule has 0 aromatic heterocycles. The van der Waals surface area contributed by atoms with Crippen molar-refractivity contribution in [2.75, 3.05) is 19.7 Å². The van der Waals surface area contributed by atoms with E-state index in [2.05, 4.69) is 0 Å². The number of ether oxygens (including phenoxy) is 1. The standard InChI is InChI=1S/C16H21NO4/c1-2-21-14-7-5-12(6-8-14)10-15(18)17-9-3-4-13(11-17)16(19)20/h5-8,13H,2-4,9-11H2,1H3,(H,19,20). The van der Waals surface area contributed by atoms with Crippen LogP contribution in [-0.2, 0) is 16.0 Å². The zero-order chi connectivity index (χ0) is 15.2. The fourth-order valence-corrected chi connectivity index (χ4v) is 2.56. The van der Waals surface area contributed by atoms with Crippen LogP contribution in [-0.4, -0.2) is 41.6 Å². The van der Waals surface area contributed by atoms with E-state index in [1.807, 2.05) is 31.2 Å². The third-order valence-electron chi connectivity index (χ3n) is 3.71. The van der Waals surface area contributed by atoms with E-state index >= 15 is 0 Å². The van der Waals surface area contributed by atoms with E-state index < -0.39 is 11.9 Å². The lowest BCUT2D eigenvalue weighted by molar-refractivity contribution is -0.145. The predicted octanol–water partition coefficient (Wildman–Crippen LogP) is 1.95. The molecule has 1 atom stereocenters. The van der Waals surface area contributed by atoms with Crippen molar-refractivity contribution in [3.63, 3.8) is 0 Å². The molecule has 1 aromatic carbocycles. The molecule has 2 rings (SSSR count). The van der Waals surface area contributed by atoms with Gasteiger partial charge in [-0.2, -0.15) is 0 Å². The summed E-state index contributed by atoms with van der Waals surface area (Å²) >= 11 is 0. The number of likely N-dealkylation sites (tertiary alicyclic amines) is 1. The summed E-state index contributed by atoms with van der Waals surface area (Å²) in [5, 5.41) is 9.06. The van der Waals surface area contributed by atoms with E-state index in [1.54, 1.807) is 4.90 Å². The highest BCUT2D eigenvalue weighted by Gasteiger charge is 2.27. The van der Waals surface area contributed by atoms with Gasteiger partial charge in [-0.1, -0.05) is 12.1 Å². The molecule has 114 valence electrons. The first-order chi connectivity index (χ1) is 10.1. The summed E-state index contributed by atoms with van der Waals surface area (Å²) in [6.07, 6.45) is 1.72.